The summed E-state index contributed by atoms with van der Waals surface area (Å²) in [5.74, 6) is -0.363. The maximum absolute atomic E-state index is 14.7. The Balaban J connectivity index is 0.000000236. The molecule has 0 aliphatic rings. The fraction of sp³-hybridized carbons (Fsp3) is 0.218. The van der Waals surface area contributed by atoms with E-state index < -0.39 is 90.1 Å². The number of rotatable bonds is 26. The number of alkyl carbamates (subject to hydrolysis) is 4. The zero-order valence-electron chi connectivity index (χ0n) is 81.1. The Morgan fingerprint density at radius 1 is 0.467 bits per heavy atom. The number of aromatic nitrogens is 12. The second-order valence-electron chi connectivity index (χ2n) is 32.1. The van der Waals surface area contributed by atoms with Gasteiger partial charge in [-0.1, -0.05) is 146 Å². The minimum Gasteiger partial charge on any atom is -0.445 e. The van der Waals surface area contributed by atoms with Crippen molar-refractivity contribution >= 4 is 183 Å². The van der Waals surface area contributed by atoms with Gasteiger partial charge in [0, 0.05) is 85.5 Å². The molecule has 4 atom stereocenters. The van der Waals surface area contributed by atoms with Crippen molar-refractivity contribution < 1.29 is 98.3 Å². The van der Waals surface area contributed by atoms with Crippen LogP contribution in [0, 0.1) is 20.7 Å². The Bertz CT molecular complexity index is 6930. The Hall–Kier alpha value is -16.1. The molecule has 16 rings (SSSR count). The van der Waals surface area contributed by atoms with Crippen LogP contribution in [0.2, 0.25) is 0 Å². The summed E-state index contributed by atoms with van der Waals surface area (Å²) in [6.07, 6.45) is 13.8. The lowest BCUT2D eigenvalue weighted by Crippen LogP contribution is -2.33. The minimum atomic E-state index is -1.92. The maximum Gasteiger partial charge on any atom is 0.412 e. The second kappa shape index (κ2) is 64.8. The topological polar surface area (TPSA) is 509 Å². The van der Waals surface area contributed by atoms with Crippen LogP contribution in [0.5, 0.6) is 0 Å². The van der Waals surface area contributed by atoms with E-state index in [1.807, 2.05) is 118 Å². The van der Waals surface area contributed by atoms with Crippen molar-refractivity contribution in [2.24, 2.45) is 5.73 Å². The van der Waals surface area contributed by atoms with E-state index in [1.165, 1.54) is 71.7 Å². The Kier molecular flexibility index (Phi) is 52.3. The van der Waals surface area contributed by atoms with Gasteiger partial charge in [-0.25, -0.2) is 75.0 Å². The van der Waals surface area contributed by atoms with E-state index in [2.05, 4.69) is 92.0 Å². The van der Waals surface area contributed by atoms with Gasteiger partial charge in [-0.15, -0.1) is 46.4 Å². The summed E-state index contributed by atoms with van der Waals surface area (Å²) in [5.41, 5.74) is 22.9. The molecule has 6 amide bonds. The molecule has 150 heavy (non-hydrogen) atoms. The van der Waals surface area contributed by atoms with Crippen molar-refractivity contribution in [3.63, 3.8) is 0 Å². The van der Waals surface area contributed by atoms with Gasteiger partial charge in [0.25, 0.3) is 5.24 Å². The van der Waals surface area contributed by atoms with Gasteiger partial charge < -0.3 is 82.2 Å². The number of hydrogen-bond acceptors (Lipinski definition) is 32. The number of fused-ring (bicyclic) bond motifs is 3. The summed E-state index contributed by atoms with van der Waals surface area (Å²) in [4.78, 5) is 121. The molecule has 4 aromatic carbocycles. The summed E-state index contributed by atoms with van der Waals surface area (Å²) < 4.78 is 117. The minimum absolute atomic E-state index is 0. The van der Waals surface area contributed by atoms with Crippen molar-refractivity contribution in [2.45, 2.75) is 117 Å². The number of benzene rings is 4. The summed E-state index contributed by atoms with van der Waals surface area (Å²) in [7, 11) is 0. The van der Waals surface area contributed by atoms with E-state index in [0.717, 1.165) is 47.7 Å². The normalized spacial score (nSPS) is 11.2. The van der Waals surface area contributed by atoms with Crippen molar-refractivity contribution in [3.05, 3.63) is 362 Å². The smallest absolute Gasteiger partial charge is 0.412 e. The zero-order chi connectivity index (χ0) is 108. The molecule has 0 aliphatic heterocycles. The maximum atomic E-state index is 14.7. The van der Waals surface area contributed by atoms with Gasteiger partial charge in [-0.3, -0.25) is 45.6 Å². The van der Waals surface area contributed by atoms with Crippen LogP contribution >= 0.6 is 82.5 Å². The molecule has 0 bridgehead atoms. The van der Waals surface area contributed by atoms with E-state index in [-0.39, 0.29) is 93.1 Å². The van der Waals surface area contributed by atoms with Crippen LogP contribution in [0.4, 0.5) is 83.7 Å². The summed E-state index contributed by atoms with van der Waals surface area (Å²) in [6, 6.07) is 58.1. The van der Waals surface area contributed by atoms with E-state index in [1.54, 1.807) is 168 Å². The number of nitrogens with zero attached hydrogens (tertiary/aromatic N) is 10. The molecule has 0 fully saturated rings. The number of nitrogen functional groups attached to an aromatic ring is 2. The fourth-order valence-corrected chi connectivity index (χ4v) is 14.2. The predicted octanol–water partition coefficient (Wildman–Crippen LogP) is 21.8. The highest BCUT2D eigenvalue weighted by atomic mass is 35.5. The molecule has 0 aliphatic carbocycles. The molecule has 0 saturated heterocycles. The number of ether oxygens (including phenoxy) is 6. The first kappa shape index (κ1) is 121. The van der Waals surface area contributed by atoms with E-state index in [4.69, 9.17) is 81.7 Å². The quantitative estimate of drug-likeness (QED) is 0.00598. The van der Waals surface area contributed by atoms with E-state index >= 15 is 0 Å². The number of nitrogens with one attached hydrogen (secondary N) is 9. The summed E-state index contributed by atoms with van der Waals surface area (Å²) >= 11 is 18.3. The van der Waals surface area contributed by atoms with E-state index in [9.17, 15) is 65.1 Å². The predicted molar refractivity (Wildman–Crippen MR) is 569 cm³/mol. The molecule has 0 spiro atoms. The summed E-state index contributed by atoms with van der Waals surface area (Å²) in [6.45, 7) is 10.4. The highest BCUT2D eigenvalue weighted by Crippen LogP contribution is 2.33. The zero-order valence-corrected chi connectivity index (χ0v) is 86.8. The van der Waals surface area contributed by atoms with Gasteiger partial charge in [0.1, 0.15) is 69.8 Å². The third kappa shape index (κ3) is 47.2. The van der Waals surface area contributed by atoms with Crippen LogP contribution in [0.15, 0.2) is 293 Å². The molecule has 0 unspecified atom stereocenters. The number of hydrogen-bond donors (Lipinski definition) is 13. The molecule has 12 aromatic heterocycles. The van der Waals surface area contributed by atoms with Crippen LogP contribution in [0.25, 0.3) is 30.6 Å². The average molecular weight is 2200 g/mol. The van der Waals surface area contributed by atoms with Gasteiger partial charge in [0.05, 0.1) is 108 Å². The number of pyridine rings is 9. The molecule has 36 nitrogen and oxygen atoms in total. The first-order valence-corrected chi connectivity index (χ1v) is 48.4. The largest absolute Gasteiger partial charge is 0.445 e. The van der Waals surface area contributed by atoms with Crippen LogP contribution < -0.4 is 59.1 Å². The van der Waals surface area contributed by atoms with Crippen molar-refractivity contribution in [1.29, 1.82) is 0 Å². The standard InChI is InChI=1S/C22H19F2N5O2S.C16H14FN3O3S.C16H14FN3O2S.C11H11ClFNO3.C10H14N2O2S.C10H14N2O2.C6H7FN2.C5H6N2S.C5H6N2.ClH/c23-15-7-4-9-25-17(15)12-27-20-19-18(8-10-26-20)32-21(29-19)16(24)11-28-22(30)31-13-14-5-2-1-3-6-14;17-12(15-19-13-9-20(22)7-6-14(13)24-15)8-18-16(21)23-10-11-4-2-1-3-5-11;17-12(15-20-13-9-18-7-6-14(13)23-15)8-19-16(21)22-10-11-4-2-1-3-5-11;12-10(15)9(13)6-14-11(16)17-7-8-4-2-1-3-5-8;1-10(2,3)14-9(13)12-7-6-11-5-4-8(7)15;1-10(2,3)14-9(13)12-8-5-4-6-11-7-8;7-5-2-1-3-9-6(5)4-8;6-4-3-7-2-1-5(4)8;6-5-2-1-3-7-4-5;/h1-10,16H,11-13H2,(H,26,27)(H,28,30);1-7,9,12H,8,10H2,(H-,18,21,22);1-7,9,12H,8,10H2,(H,19,21);1-5,9H,6-7H2,(H,14,16);4-6H,1-3H3,(H,11,15)(H,12,13);4-7H,1-3H3,(H,12,13);1-3H,4,8H2;1-3H,6H2,(H,7,8);1-4H,6H2;1H/p+1/t16-;2*12-;9-;;;;;;/m1111....../s1. The molecule has 16 N–H and O–H groups in total. The van der Waals surface area contributed by atoms with Crippen LogP contribution in [0.3, 0.4) is 0 Å². The first-order chi connectivity index (χ1) is 71.4. The number of nitrogens with two attached hydrogens (primary N) is 3. The number of alkyl halides is 4. The van der Waals surface area contributed by atoms with Gasteiger partial charge in [-0.05, 0) is 148 Å². The molecule has 16 aromatic rings. The molecule has 0 radical (unpaired) electrons. The third-order valence-corrected chi connectivity index (χ3v) is 22.4. The number of amides is 6. The Morgan fingerprint density at radius 2 is 0.893 bits per heavy atom. The number of H-pyrrole nitrogens is 2. The number of aromatic amines is 2. The Labute approximate surface area is 890 Å². The molecular weight excluding hydrogens is 2090 g/mol. The SMILES string of the molecule is CC(C)(C)OC(=O)Nc1c[nH]ccc1=S.CC(C)(C)OC(=O)Nc1cccnc1.Cl.NCc1ncccc1F.Nc1c[nH]ccc1=S.Nc1cccnc1.O=C(NC[C@@H](F)C(=O)Cl)OCc1ccccc1.O=C(NC[C@@H](F)c1nc2c(NCc3ncccc3F)nccc2s1)OCc1ccccc1.O=C(NC[C@@H](F)c1nc2c[n+](O)ccc2s1)OCc1ccccc1.O=C(NC[C@@H](F)c1nc2cnccc2s1)OCc1ccccc1. The lowest BCUT2D eigenvalue weighted by molar-refractivity contribution is -0.904. The second-order valence-corrected chi connectivity index (χ2v) is 36.6. The average Bonchev–Trinajstić information content (AvgIpc) is 1.67. The molecular formula is C101H107Cl2F6N22O14S5+. The Morgan fingerprint density at radius 3 is 1.31 bits per heavy atom. The highest BCUT2D eigenvalue weighted by Gasteiger charge is 2.24. The number of thiazole rings is 3. The van der Waals surface area contributed by atoms with E-state index in [0.29, 0.717) is 69.5 Å². The molecule has 12 heterocycles. The van der Waals surface area contributed by atoms with Gasteiger partial charge in [0.2, 0.25) is 12.4 Å². The van der Waals surface area contributed by atoms with Crippen LogP contribution in [-0.4, -0.2) is 145 Å². The number of carbonyl (C=O) groups is 7. The van der Waals surface area contributed by atoms with Crippen molar-refractivity contribution in [3.8, 4) is 0 Å². The third-order valence-electron chi connectivity index (χ3n) is 18.1. The van der Waals surface area contributed by atoms with Gasteiger partial charge in [-0.2, -0.15) is 0 Å². The lowest BCUT2D eigenvalue weighted by Gasteiger charge is -2.19. The highest BCUT2D eigenvalue weighted by molar-refractivity contribution is 7.71. The summed E-state index contributed by atoms with van der Waals surface area (Å²) in [5, 5.41) is 26.4. The molecule has 0 saturated carbocycles. The fourth-order valence-electron chi connectivity index (χ4n) is 11.1. The monoisotopic (exact) mass is 2200 g/mol. The lowest BCUT2D eigenvalue weighted by atomic mass is 10.2. The first-order valence-electron chi connectivity index (χ1n) is 44.7. The number of anilines is 5. The van der Waals surface area contributed by atoms with Crippen molar-refractivity contribution in [2.75, 3.05) is 53.6 Å². The van der Waals surface area contributed by atoms with Gasteiger partial charge >= 0.3 is 36.6 Å². The number of carbonyl (C=O) groups excluding carboxylic acids is 7. The van der Waals surface area contributed by atoms with Crippen LogP contribution in [0.1, 0.15) is 109 Å². The molecule has 49 heteroatoms. The number of halogens is 8. The molecule has 790 valence electrons. The van der Waals surface area contributed by atoms with Gasteiger partial charge in [0.15, 0.2) is 36.0 Å². The van der Waals surface area contributed by atoms with Crippen molar-refractivity contribution in [1.82, 2.24) is 76.1 Å². The van der Waals surface area contributed by atoms with Crippen LogP contribution in [-0.2, 0) is 72.7 Å².